The van der Waals surface area contributed by atoms with Crippen molar-refractivity contribution < 1.29 is 19.1 Å². The number of aryl methyl sites for hydroxylation is 1. The highest BCUT2D eigenvalue weighted by molar-refractivity contribution is 7.98. The summed E-state index contributed by atoms with van der Waals surface area (Å²) in [5.41, 5.74) is 2.60. The van der Waals surface area contributed by atoms with Crippen LogP contribution in [0.2, 0.25) is 0 Å². The van der Waals surface area contributed by atoms with Gasteiger partial charge in [-0.05, 0) is 60.7 Å². The lowest BCUT2D eigenvalue weighted by Gasteiger charge is -2.17. The van der Waals surface area contributed by atoms with Crippen LogP contribution in [0.25, 0.3) is 0 Å². The quantitative estimate of drug-likeness (QED) is 0.624. The monoisotopic (exact) mass is 370 g/mol. The molecule has 3 rings (SSSR count). The lowest BCUT2D eigenvalue weighted by molar-refractivity contribution is -0.119. The van der Waals surface area contributed by atoms with Crippen molar-refractivity contribution in [2.45, 2.75) is 17.7 Å². The van der Waals surface area contributed by atoms with Crippen LogP contribution in [0, 0.1) is 0 Å². The minimum Gasteiger partial charge on any atom is -0.452 e. The highest BCUT2D eigenvalue weighted by Gasteiger charge is 2.17. The van der Waals surface area contributed by atoms with Gasteiger partial charge in [-0.1, -0.05) is 0 Å². The molecular weight excluding hydrogens is 352 g/mol. The molecule has 1 aliphatic heterocycles. The van der Waals surface area contributed by atoms with Gasteiger partial charge < -0.3 is 15.4 Å². The summed E-state index contributed by atoms with van der Waals surface area (Å²) in [5, 5.41) is 5.44. The molecule has 134 valence electrons. The molecule has 1 heterocycles. The van der Waals surface area contributed by atoms with Crippen LogP contribution in [0.5, 0.6) is 0 Å². The first-order chi connectivity index (χ1) is 12.5. The zero-order valence-electron chi connectivity index (χ0n) is 14.2. The van der Waals surface area contributed by atoms with Crippen LogP contribution in [-0.2, 0) is 20.7 Å². The lowest BCUT2D eigenvalue weighted by Crippen LogP contribution is -2.22. The Bertz CT molecular complexity index is 849. The molecule has 26 heavy (non-hydrogen) atoms. The minimum atomic E-state index is -0.572. The van der Waals surface area contributed by atoms with E-state index in [4.69, 9.17) is 4.74 Å². The Hall–Kier alpha value is -2.80. The first-order valence-electron chi connectivity index (χ1n) is 8.09. The maximum absolute atomic E-state index is 12.1. The molecule has 0 radical (unpaired) electrons. The maximum Gasteiger partial charge on any atom is 0.338 e. The third-order valence-electron chi connectivity index (χ3n) is 3.94. The standard InChI is InChI=1S/C19H18N2O4S/c1-26-15-6-4-14(5-7-15)20-18(23)11-25-19(24)13-2-8-16-12(10-13)3-9-17(22)21-16/h2,4-8,10H,3,9,11H2,1H3,(H,20,23)(H,21,22). The van der Waals surface area contributed by atoms with Gasteiger partial charge in [0.1, 0.15) is 0 Å². The number of amides is 2. The van der Waals surface area contributed by atoms with E-state index in [1.54, 1.807) is 42.1 Å². The van der Waals surface area contributed by atoms with Crippen molar-refractivity contribution in [3.8, 4) is 0 Å². The summed E-state index contributed by atoms with van der Waals surface area (Å²) >= 11 is 1.61. The number of esters is 1. The molecule has 0 bridgehead atoms. The Morgan fingerprint density at radius 2 is 1.92 bits per heavy atom. The van der Waals surface area contributed by atoms with Gasteiger partial charge in [0, 0.05) is 22.7 Å². The fourth-order valence-corrected chi connectivity index (χ4v) is 3.00. The number of fused-ring (bicyclic) bond motifs is 1. The van der Waals surface area contributed by atoms with E-state index in [2.05, 4.69) is 10.6 Å². The molecule has 2 aromatic rings. The van der Waals surface area contributed by atoms with Crippen molar-refractivity contribution in [1.29, 1.82) is 0 Å². The summed E-state index contributed by atoms with van der Waals surface area (Å²) in [4.78, 5) is 36.5. The highest BCUT2D eigenvalue weighted by atomic mass is 32.2. The van der Waals surface area contributed by atoms with Crippen LogP contribution >= 0.6 is 11.8 Å². The number of hydrogen-bond donors (Lipinski definition) is 2. The number of nitrogens with one attached hydrogen (secondary N) is 2. The first kappa shape index (κ1) is 18.0. The molecule has 6 nitrogen and oxygen atoms in total. The van der Waals surface area contributed by atoms with Gasteiger partial charge in [-0.15, -0.1) is 11.8 Å². The SMILES string of the molecule is CSc1ccc(NC(=O)COC(=O)c2ccc3c(c2)CCC(=O)N3)cc1. The maximum atomic E-state index is 12.1. The van der Waals surface area contributed by atoms with E-state index in [-0.39, 0.29) is 12.5 Å². The number of rotatable bonds is 5. The van der Waals surface area contributed by atoms with Gasteiger partial charge in [-0.2, -0.15) is 0 Å². The van der Waals surface area contributed by atoms with Gasteiger partial charge in [0.05, 0.1) is 5.56 Å². The number of hydrogen-bond acceptors (Lipinski definition) is 5. The van der Waals surface area contributed by atoms with E-state index in [0.717, 1.165) is 10.5 Å². The molecule has 0 spiro atoms. The molecule has 0 fully saturated rings. The average molecular weight is 370 g/mol. The second kappa shape index (κ2) is 8.05. The Balaban J connectivity index is 1.54. The molecule has 0 saturated carbocycles. The topological polar surface area (TPSA) is 84.5 Å². The number of benzene rings is 2. The van der Waals surface area contributed by atoms with Crippen LogP contribution in [0.1, 0.15) is 22.3 Å². The Morgan fingerprint density at radius 3 is 2.65 bits per heavy atom. The van der Waals surface area contributed by atoms with E-state index in [1.165, 1.54) is 0 Å². The molecule has 0 saturated heterocycles. The largest absolute Gasteiger partial charge is 0.452 e. The normalized spacial score (nSPS) is 12.7. The van der Waals surface area contributed by atoms with Crippen molar-refractivity contribution in [3.05, 3.63) is 53.6 Å². The first-order valence-corrected chi connectivity index (χ1v) is 9.31. The molecule has 2 N–H and O–H groups in total. The molecule has 0 unspecified atom stereocenters. The van der Waals surface area contributed by atoms with Crippen LogP contribution in [0.3, 0.4) is 0 Å². The summed E-state index contributed by atoms with van der Waals surface area (Å²) in [6.07, 6.45) is 2.94. The van der Waals surface area contributed by atoms with Crippen molar-refractivity contribution in [2.24, 2.45) is 0 Å². The van der Waals surface area contributed by atoms with Crippen molar-refractivity contribution >= 4 is 40.9 Å². The number of carbonyl (C=O) groups is 3. The lowest BCUT2D eigenvalue weighted by atomic mass is 10.0. The molecule has 1 aliphatic rings. The number of anilines is 2. The highest BCUT2D eigenvalue weighted by Crippen LogP contribution is 2.24. The number of thioether (sulfide) groups is 1. The van der Waals surface area contributed by atoms with Gasteiger partial charge in [0.25, 0.3) is 5.91 Å². The van der Waals surface area contributed by atoms with Crippen LogP contribution < -0.4 is 10.6 Å². The van der Waals surface area contributed by atoms with E-state index in [1.807, 2.05) is 18.4 Å². The summed E-state index contributed by atoms with van der Waals surface area (Å²) in [6.45, 7) is -0.364. The predicted octanol–water partition coefficient (Wildman–Crippen LogP) is 3.09. The molecular formula is C19H18N2O4S. The Labute approximate surface area is 155 Å². The fourth-order valence-electron chi connectivity index (χ4n) is 2.60. The van der Waals surface area contributed by atoms with Gasteiger partial charge >= 0.3 is 5.97 Å². The average Bonchev–Trinajstić information content (AvgIpc) is 2.66. The smallest absolute Gasteiger partial charge is 0.338 e. The van der Waals surface area contributed by atoms with Crippen LogP contribution in [0.15, 0.2) is 47.4 Å². The van der Waals surface area contributed by atoms with E-state index in [0.29, 0.717) is 29.8 Å². The van der Waals surface area contributed by atoms with E-state index in [9.17, 15) is 14.4 Å². The van der Waals surface area contributed by atoms with Crippen molar-refractivity contribution in [1.82, 2.24) is 0 Å². The summed E-state index contributed by atoms with van der Waals surface area (Å²) in [7, 11) is 0. The Kier molecular flexibility index (Phi) is 5.58. The minimum absolute atomic E-state index is 0.0324. The Morgan fingerprint density at radius 1 is 1.15 bits per heavy atom. The third kappa shape index (κ3) is 4.43. The zero-order valence-corrected chi connectivity index (χ0v) is 15.0. The zero-order chi connectivity index (χ0) is 18.5. The molecule has 0 atom stereocenters. The molecule has 2 amide bonds. The van der Waals surface area contributed by atoms with E-state index >= 15 is 0 Å². The molecule has 2 aromatic carbocycles. The van der Waals surface area contributed by atoms with E-state index < -0.39 is 11.9 Å². The summed E-state index contributed by atoms with van der Waals surface area (Å²) < 4.78 is 5.08. The van der Waals surface area contributed by atoms with Gasteiger partial charge in [0.15, 0.2) is 6.61 Å². The van der Waals surface area contributed by atoms with Crippen LogP contribution in [-0.4, -0.2) is 30.6 Å². The van der Waals surface area contributed by atoms with Gasteiger partial charge in [0.2, 0.25) is 5.91 Å². The number of carbonyl (C=O) groups excluding carboxylic acids is 3. The molecule has 0 aromatic heterocycles. The molecule has 0 aliphatic carbocycles. The van der Waals surface area contributed by atoms with Gasteiger partial charge in [-0.25, -0.2) is 4.79 Å². The fraction of sp³-hybridized carbons (Fsp3) is 0.211. The van der Waals surface area contributed by atoms with Crippen molar-refractivity contribution in [3.63, 3.8) is 0 Å². The third-order valence-corrected chi connectivity index (χ3v) is 4.69. The van der Waals surface area contributed by atoms with Gasteiger partial charge in [-0.3, -0.25) is 9.59 Å². The summed E-state index contributed by atoms with van der Waals surface area (Å²) in [5.74, 6) is -1.01. The second-order valence-electron chi connectivity index (χ2n) is 5.77. The predicted molar refractivity (Wildman–Crippen MR) is 101 cm³/mol. The summed E-state index contributed by atoms with van der Waals surface area (Å²) in [6, 6.07) is 12.3. The van der Waals surface area contributed by atoms with Crippen molar-refractivity contribution in [2.75, 3.05) is 23.5 Å². The molecule has 7 heteroatoms. The van der Waals surface area contributed by atoms with Crippen LogP contribution in [0.4, 0.5) is 11.4 Å². The second-order valence-corrected chi connectivity index (χ2v) is 6.65. The number of ether oxygens (including phenoxy) is 1.